The van der Waals surface area contributed by atoms with Gasteiger partial charge in [0.15, 0.2) is 0 Å². The molecule has 14 heteroatoms. The zero-order valence-electron chi connectivity index (χ0n) is 25.8. The summed E-state index contributed by atoms with van der Waals surface area (Å²) >= 11 is 3.53. The van der Waals surface area contributed by atoms with Crippen LogP contribution in [0.1, 0.15) is 32.8 Å². The highest BCUT2D eigenvalue weighted by Gasteiger charge is 2.24. The molecule has 1 aliphatic rings. The number of rotatable bonds is 10. The van der Waals surface area contributed by atoms with Gasteiger partial charge >= 0.3 is 0 Å². The van der Waals surface area contributed by atoms with E-state index in [4.69, 9.17) is 9.72 Å². The van der Waals surface area contributed by atoms with Crippen LogP contribution in [0.15, 0.2) is 47.3 Å². The molecule has 0 aliphatic carbocycles. The average Bonchev–Trinajstić information content (AvgIpc) is 3.01. The summed E-state index contributed by atoms with van der Waals surface area (Å²) in [6, 6.07) is 8.20. The number of hydrogen-bond acceptors (Lipinski definition) is 11. The molecule has 0 bridgehead atoms. The maximum atomic E-state index is 12.6. The summed E-state index contributed by atoms with van der Waals surface area (Å²) in [7, 11) is -0.465. The first kappa shape index (κ1) is 31.7. The minimum Gasteiger partial charge on any atom is -0.494 e. The lowest BCUT2D eigenvalue weighted by Crippen LogP contribution is -2.48. The van der Waals surface area contributed by atoms with E-state index >= 15 is 0 Å². The lowest BCUT2D eigenvalue weighted by Gasteiger charge is -2.40. The number of fused-ring (bicyclic) bond motifs is 1. The minimum absolute atomic E-state index is 0.339. The molecule has 2 aromatic heterocycles. The Morgan fingerprint density at radius 1 is 1.09 bits per heavy atom. The Morgan fingerprint density at radius 3 is 2.57 bits per heavy atom. The molecule has 2 N–H and O–H groups in total. The van der Waals surface area contributed by atoms with Crippen LogP contribution in [0.5, 0.6) is 5.75 Å². The molecule has 2 aromatic carbocycles. The number of ether oxygens (including phenoxy) is 1. The second-order valence-electron chi connectivity index (χ2n) is 11.0. The third kappa shape index (κ3) is 6.66. The molecule has 0 unspecified atom stereocenters. The highest BCUT2D eigenvalue weighted by molar-refractivity contribution is 9.10. The van der Waals surface area contributed by atoms with Crippen LogP contribution in [0.2, 0.25) is 0 Å². The number of aromatic nitrogens is 4. The van der Waals surface area contributed by atoms with E-state index in [1.807, 2.05) is 0 Å². The van der Waals surface area contributed by atoms with Crippen LogP contribution in [0.3, 0.4) is 0 Å². The molecule has 1 aliphatic heterocycles. The second-order valence-corrected chi connectivity index (χ2v) is 13.8. The summed E-state index contributed by atoms with van der Waals surface area (Å²) in [4.78, 5) is 22.9. The predicted molar refractivity (Wildman–Crippen MR) is 180 cm³/mol. The zero-order chi connectivity index (χ0) is 31.6. The van der Waals surface area contributed by atoms with Crippen LogP contribution >= 0.6 is 15.9 Å². The van der Waals surface area contributed by atoms with E-state index in [9.17, 15) is 8.42 Å². The van der Waals surface area contributed by atoms with E-state index < -0.39 is 10.0 Å². The Kier molecular flexibility index (Phi) is 9.42. The molecule has 44 heavy (non-hydrogen) atoms. The molecule has 12 nitrogen and oxygen atoms in total. The Balaban J connectivity index is 1.48. The monoisotopic (exact) mass is 683 g/mol. The van der Waals surface area contributed by atoms with Crippen molar-refractivity contribution >= 4 is 71.5 Å². The van der Waals surface area contributed by atoms with E-state index in [1.165, 1.54) is 28.8 Å². The topological polar surface area (TPSA) is 129 Å². The van der Waals surface area contributed by atoms with E-state index in [0.717, 1.165) is 44.5 Å². The van der Waals surface area contributed by atoms with Crippen molar-refractivity contribution in [2.45, 2.75) is 39.7 Å². The number of halogens is 1. The number of anilines is 6. The van der Waals surface area contributed by atoms with E-state index in [1.54, 1.807) is 31.6 Å². The van der Waals surface area contributed by atoms with Crippen LogP contribution in [0.4, 0.5) is 34.5 Å². The van der Waals surface area contributed by atoms with Gasteiger partial charge in [-0.2, -0.15) is 4.98 Å². The summed E-state index contributed by atoms with van der Waals surface area (Å²) in [6.07, 6.45) is 7.83. The van der Waals surface area contributed by atoms with Gasteiger partial charge in [-0.3, -0.25) is 19.2 Å². The van der Waals surface area contributed by atoms with Gasteiger partial charge in [-0.05, 0) is 66.4 Å². The fourth-order valence-electron chi connectivity index (χ4n) is 5.27. The van der Waals surface area contributed by atoms with Crippen LogP contribution in [0.25, 0.3) is 11.0 Å². The third-order valence-electron chi connectivity index (χ3n) is 7.75. The van der Waals surface area contributed by atoms with Crippen molar-refractivity contribution in [3.63, 3.8) is 0 Å². The molecule has 0 radical (unpaired) electrons. The summed E-state index contributed by atoms with van der Waals surface area (Å²) in [6.45, 7) is 9.59. The van der Waals surface area contributed by atoms with Crippen LogP contribution in [-0.4, -0.2) is 79.5 Å². The highest BCUT2D eigenvalue weighted by Crippen LogP contribution is 2.38. The maximum absolute atomic E-state index is 12.6. The van der Waals surface area contributed by atoms with E-state index in [2.05, 4.69) is 84.2 Å². The SMILES string of the molecule is CCc1cc(Nc2ncc(Br)c(Nc3ccc4nccnc4c3N(C)S(C)(=O)=O)n2)c(OC)cc1N1CCCN(C(C)C)C1. The fraction of sp³-hybridized carbons (Fsp3) is 0.400. The summed E-state index contributed by atoms with van der Waals surface area (Å²) in [5, 5.41) is 6.61. The van der Waals surface area contributed by atoms with Crippen molar-refractivity contribution in [2.24, 2.45) is 0 Å². The first-order chi connectivity index (χ1) is 21.0. The van der Waals surface area contributed by atoms with Crippen molar-refractivity contribution in [3.05, 3.63) is 52.9 Å². The number of methoxy groups -OCH3 is 1. The Bertz CT molecular complexity index is 1770. The second kappa shape index (κ2) is 13.1. The number of nitrogens with zero attached hydrogens (tertiary/aromatic N) is 7. The Labute approximate surface area is 267 Å². The number of benzene rings is 2. The number of sulfonamides is 1. The molecule has 0 atom stereocenters. The van der Waals surface area contributed by atoms with Crippen LogP contribution < -0.4 is 24.6 Å². The summed E-state index contributed by atoms with van der Waals surface area (Å²) < 4.78 is 32.8. The highest BCUT2D eigenvalue weighted by atomic mass is 79.9. The molecular formula is C30H38BrN9O3S. The first-order valence-corrected chi connectivity index (χ1v) is 17.1. The van der Waals surface area contributed by atoms with Gasteiger partial charge in [0.05, 0.1) is 41.4 Å². The lowest BCUT2D eigenvalue weighted by molar-refractivity contribution is 0.195. The molecule has 5 rings (SSSR count). The van der Waals surface area contributed by atoms with Gasteiger partial charge in [0.1, 0.15) is 22.8 Å². The number of hydrogen-bond donors (Lipinski definition) is 2. The third-order valence-corrected chi connectivity index (χ3v) is 9.51. The largest absolute Gasteiger partial charge is 0.494 e. The van der Waals surface area contributed by atoms with Gasteiger partial charge in [-0.25, -0.2) is 13.4 Å². The Hall–Kier alpha value is -3.75. The molecule has 3 heterocycles. The quantitative estimate of drug-likeness (QED) is 0.219. The maximum Gasteiger partial charge on any atom is 0.232 e. The summed E-state index contributed by atoms with van der Waals surface area (Å²) in [5.74, 6) is 1.46. The van der Waals surface area contributed by atoms with Gasteiger partial charge in [0.2, 0.25) is 16.0 Å². The van der Waals surface area contributed by atoms with Crippen molar-refractivity contribution in [1.29, 1.82) is 0 Å². The van der Waals surface area contributed by atoms with E-state index in [-0.39, 0.29) is 0 Å². The Morgan fingerprint density at radius 2 is 1.86 bits per heavy atom. The van der Waals surface area contributed by atoms with Crippen LogP contribution in [0, 0.1) is 0 Å². The number of aryl methyl sites for hydroxylation is 1. The smallest absolute Gasteiger partial charge is 0.232 e. The molecule has 0 saturated carbocycles. The lowest BCUT2D eigenvalue weighted by atomic mass is 10.1. The van der Waals surface area contributed by atoms with Gasteiger partial charge in [-0.15, -0.1) is 0 Å². The van der Waals surface area contributed by atoms with Crippen molar-refractivity contribution in [2.75, 3.05) is 60.0 Å². The fourth-order valence-corrected chi connectivity index (χ4v) is 6.08. The molecule has 1 fully saturated rings. The minimum atomic E-state index is -3.61. The summed E-state index contributed by atoms with van der Waals surface area (Å²) in [5.41, 5.74) is 4.96. The molecule has 1 saturated heterocycles. The normalized spacial score (nSPS) is 14.2. The van der Waals surface area contributed by atoms with Gasteiger partial charge in [-0.1, -0.05) is 6.92 Å². The van der Waals surface area contributed by atoms with Gasteiger partial charge < -0.3 is 20.3 Å². The van der Waals surface area contributed by atoms with Gasteiger partial charge in [0.25, 0.3) is 0 Å². The molecule has 4 aromatic rings. The standard InChI is InChI=1S/C30H38BrN9O3S/c1-7-20-15-24(26(43-5)16-25(20)40-14-8-13-39(18-40)19(2)3)36-30-34-17-21(31)29(37-30)35-23-10-9-22-27(33-12-11-32-22)28(23)38(4)44(6,41)42/h9-12,15-17,19H,7-8,13-14,18H2,1-6H3,(H2,34,35,36,37). The molecular weight excluding hydrogens is 646 g/mol. The zero-order valence-corrected chi connectivity index (χ0v) is 28.2. The predicted octanol–water partition coefficient (Wildman–Crippen LogP) is 5.51. The average molecular weight is 685 g/mol. The van der Waals surface area contributed by atoms with Crippen molar-refractivity contribution < 1.29 is 13.2 Å². The molecule has 0 spiro atoms. The van der Waals surface area contributed by atoms with Crippen molar-refractivity contribution in [3.8, 4) is 5.75 Å². The molecule has 0 amide bonds. The van der Waals surface area contributed by atoms with Gasteiger partial charge in [0, 0.05) is 56.5 Å². The van der Waals surface area contributed by atoms with Crippen LogP contribution in [-0.2, 0) is 16.4 Å². The van der Waals surface area contributed by atoms with E-state index in [0.29, 0.717) is 50.4 Å². The first-order valence-electron chi connectivity index (χ1n) is 14.4. The molecule has 234 valence electrons. The number of nitrogens with one attached hydrogen (secondary N) is 2. The van der Waals surface area contributed by atoms with Crippen molar-refractivity contribution in [1.82, 2.24) is 24.8 Å².